The highest BCUT2D eigenvalue weighted by molar-refractivity contribution is 5.98. The summed E-state index contributed by atoms with van der Waals surface area (Å²) in [6.45, 7) is 4.92. The van der Waals surface area contributed by atoms with Gasteiger partial charge in [-0.1, -0.05) is 6.58 Å². The van der Waals surface area contributed by atoms with Crippen molar-refractivity contribution in [1.82, 2.24) is 0 Å². The topological polar surface area (TPSA) is 72.2 Å². The van der Waals surface area contributed by atoms with Gasteiger partial charge in [0.05, 0.1) is 4.92 Å². The van der Waals surface area contributed by atoms with Crippen molar-refractivity contribution < 1.29 is 9.72 Å². The van der Waals surface area contributed by atoms with Gasteiger partial charge in [-0.15, -0.1) is 0 Å². The highest BCUT2D eigenvalue weighted by Gasteiger charge is 2.10. The number of anilines is 1. The average molecular weight is 206 g/mol. The highest BCUT2D eigenvalue weighted by atomic mass is 16.6. The molecule has 0 spiro atoms. The number of rotatable bonds is 3. The lowest BCUT2D eigenvalue weighted by molar-refractivity contribution is -0.385. The van der Waals surface area contributed by atoms with Gasteiger partial charge in [0.1, 0.15) is 0 Å². The Hall–Kier alpha value is -2.17. The smallest absolute Gasteiger partial charge is 0.272 e. The largest absolute Gasteiger partial charge is 0.323 e. The van der Waals surface area contributed by atoms with Crippen LogP contribution in [0.1, 0.15) is 5.56 Å². The summed E-state index contributed by atoms with van der Waals surface area (Å²) in [4.78, 5) is 21.0. The summed E-state index contributed by atoms with van der Waals surface area (Å²) in [6, 6.07) is 4.38. The number of amides is 1. The van der Waals surface area contributed by atoms with Crippen LogP contribution in [0.2, 0.25) is 0 Å². The van der Waals surface area contributed by atoms with E-state index < -0.39 is 4.92 Å². The number of hydrogen-bond acceptors (Lipinski definition) is 3. The molecule has 0 aliphatic rings. The average Bonchev–Trinajstić information content (AvgIpc) is 2.17. The van der Waals surface area contributed by atoms with E-state index in [0.29, 0.717) is 11.3 Å². The summed E-state index contributed by atoms with van der Waals surface area (Å²) >= 11 is 0. The molecule has 5 nitrogen and oxygen atoms in total. The minimum Gasteiger partial charge on any atom is -0.323 e. The molecule has 15 heavy (non-hydrogen) atoms. The number of nitrogens with one attached hydrogen (secondary N) is 1. The quantitative estimate of drug-likeness (QED) is 0.467. The molecule has 0 aliphatic heterocycles. The number of nitro groups is 1. The molecule has 0 heterocycles. The van der Waals surface area contributed by atoms with Gasteiger partial charge in [-0.25, -0.2) is 0 Å². The van der Waals surface area contributed by atoms with Gasteiger partial charge in [0.25, 0.3) is 5.69 Å². The molecule has 0 aliphatic carbocycles. The molecule has 0 saturated carbocycles. The van der Waals surface area contributed by atoms with Crippen LogP contribution in [0.3, 0.4) is 0 Å². The van der Waals surface area contributed by atoms with E-state index in [-0.39, 0.29) is 11.6 Å². The van der Waals surface area contributed by atoms with E-state index in [0.717, 1.165) is 6.08 Å². The van der Waals surface area contributed by atoms with Gasteiger partial charge in [-0.3, -0.25) is 14.9 Å². The molecule has 1 amide bonds. The van der Waals surface area contributed by atoms with E-state index in [9.17, 15) is 14.9 Å². The third kappa shape index (κ3) is 2.63. The van der Waals surface area contributed by atoms with E-state index in [1.54, 1.807) is 13.0 Å². The van der Waals surface area contributed by atoms with Crippen LogP contribution in [0.5, 0.6) is 0 Å². The van der Waals surface area contributed by atoms with Crippen LogP contribution in [0, 0.1) is 17.0 Å². The maximum atomic E-state index is 10.9. The van der Waals surface area contributed by atoms with Gasteiger partial charge < -0.3 is 5.32 Å². The third-order valence-electron chi connectivity index (χ3n) is 1.85. The van der Waals surface area contributed by atoms with Crippen molar-refractivity contribution in [1.29, 1.82) is 0 Å². The first-order valence-corrected chi connectivity index (χ1v) is 4.23. The van der Waals surface area contributed by atoms with Crippen LogP contribution >= 0.6 is 0 Å². The summed E-state index contributed by atoms with van der Waals surface area (Å²) in [7, 11) is 0. The number of carbonyl (C=O) groups is 1. The predicted molar refractivity (Wildman–Crippen MR) is 56.7 cm³/mol. The molecule has 0 aromatic heterocycles. The SMILES string of the molecule is C=CC(=O)Nc1ccc([N+](=O)[O-])c(C)c1. The second-order valence-electron chi connectivity index (χ2n) is 2.95. The van der Waals surface area contributed by atoms with Crippen LogP contribution in [-0.2, 0) is 4.79 Å². The molecule has 5 heteroatoms. The number of benzene rings is 1. The van der Waals surface area contributed by atoms with E-state index >= 15 is 0 Å². The number of nitro benzene ring substituents is 1. The molecule has 0 atom stereocenters. The maximum Gasteiger partial charge on any atom is 0.272 e. The molecule has 78 valence electrons. The molecule has 1 N–H and O–H groups in total. The molecule has 0 radical (unpaired) electrons. The Morgan fingerprint density at radius 3 is 2.73 bits per heavy atom. The Balaban J connectivity index is 2.96. The summed E-state index contributed by atoms with van der Waals surface area (Å²) in [6.07, 6.45) is 1.14. The Labute approximate surface area is 86.6 Å². The Bertz CT molecular complexity index is 427. The fourth-order valence-electron chi connectivity index (χ4n) is 1.13. The number of carbonyl (C=O) groups excluding carboxylic acids is 1. The van der Waals surface area contributed by atoms with Crippen LogP contribution in [-0.4, -0.2) is 10.8 Å². The van der Waals surface area contributed by atoms with Gasteiger partial charge in [0, 0.05) is 17.3 Å². The fraction of sp³-hybridized carbons (Fsp3) is 0.100. The second-order valence-corrected chi connectivity index (χ2v) is 2.95. The Morgan fingerprint density at radius 2 is 2.27 bits per heavy atom. The van der Waals surface area contributed by atoms with Crippen LogP contribution in [0.15, 0.2) is 30.9 Å². The lowest BCUT2D eigenvalue weighted by Gasteiger charge is -2.03. The van der Waals surface area contributed by atoms with Crippen molar-refractivity contribution in [3.8, 4) is 0 Å². The van der Waals surface area contributed by atoms with Crippen LogP contribution in [0.4, 0.5) is 11.4 Å². The Kier molecular flexibility index (Phi) is 3.17. The molecular weight excluding hydrogens is 196 g/mol. The van der Waals surface area contributed by atoms with Gasteiger partial charge in [-0.2, -0.15) is 0 Å². The van der Waals surface area contributed by atoms with Gasteiger partial charge in [0.15, 0.2) is 0 Å². The molecule has 0 saturated heterocycles. The predicted octanol–water partition coefficient (Wildman–Crippen LogP) is 2.03. The highest BCUT2D eigenvalue weighted by Crippen LogP contribution is 2.21. The van der Waals surface area contributed by atoms with Crippen molar-refractivity contribution in [3.05, 3.63) is 46.5 Å². The van der Waals surface area contributed by atoms with Crippen molar-refractivity contribution in [2.75, 3.05) is 5.32 Å². The zero-order chi connectivity index (χ0) is 11.4. The first-order chi connectivity index (χ1) is 7.04. The Morgan fingerprint density at radius 1 is 1.60 bits per heavy atom. The number of aryl methyl sites for hydroxylation is 1. The zero-order valence-corrected chi connectivity index (χ0v) is 8.19. The zero-order valence-electron chi connectivity index (χ0n) is 8.19. The van der Waals surface area contributed by atoms with E-state index in [2.05, 4.69) is 11.9 Å². The molecule has 1 rings (SSSR count). The van der Waals surface area contributed by atoms with Gasteiger partial charge in [0.2, 0.25) is 5.91 Å². The lowest BCUT2D eigenvalue weighted by atomic mass is 10.2. The van der Waals surface area contributed by atoms with E-state index in [1.807, 2.05) is 0 Å². The summed E-state index contributed by atoms with van der Waals surface area (Å²) in [5.41, 5.74) is 1.05. The van der Waals surface area contributed by atoms with Crippen LogP contribution < -0.4 is 5.32 Å². The molecular formula is C10H10N2O3. The number of hydrogen-bond donors (Lipinski definition) is 1. The first-order valence-electron chi connectivity index (χ1n) is 4.23. The second kappa shape index (κ2) is 4.36. The summed E-state index contributed by atoms with van der Waals surface area (Å²) in [5, 5.41) is 13.0. The van der Waals surface area contributed by atoms with Crippen molar-refractivity contribution in [2.24, 2.45) is 0 Å². The number of nitrogens with zero attached hydrogens (tertiary/aromatic N) is 1. The lowest BCUT2D eigenvalue weighted by Crippen LogP contribution is -2.07. The molecule has 1 aromatic rings. The van der Waals surface area contributed by atoms with Gasteiger partial charge >= 0.3 is 0 Å². The molecule has 0 bridgehead atoms. The normalized spacial score (nSPS) is 9.40. The van der Waals surface area contributed by atoms with E-state index in [1.165, 1.54) is 12.1 Å². The fourth-order valence-corrected chi connectivity index (χ4v) is 1.13. The van der Waals surface area contributed by atoms with Crippen LogP contribution in [0.25, 0.3) is 0 Å². The third-order valence-corrected chi connectivity index (χ3v) is 1.85. The van der Waals surface area contributed by atoms with Crippen molar-refractivity contribution in [3.63, 3.8) is 0 Å². The summed E-state index contributed by atoms with van der Waals surface area (Å²) < 4.78 is 0. The van der Waals surface area contributed by atoms with Crippen molar-refractivity contribution >= 4 is 17.3 Å². The standard InChI is InChI=1S/C10H10N2O3/c1-3-10(13)11-8-4-5-9(12(14)15)7(2)6-8/h3-6H,1H2,2H3,(H,11,13). The molecule has 0 unspecified atom stereocenters. The minimum atomic E-state index is -0.464. The molecule has 1 aromatic carbocycles. The van der Waals surface area contributed by atoms with Gasteiger partial charge in [-0.05, 0) is 25.1 Å². The summed E-state index contributed by atoms with van der Waals surface area (Å²) in [5.74, 6) is -0.344. The minimum absolute atomic E-state index is 0.0339. The first kappa shape index (κ1) is 10.9. The monoisotopic (exact) mass is 206 g/mol. The molecule has 0 fully saturated rings. The van der Waals surface area contributed by atoms with Crippen molar-refractivity contribution in [2.45, 2.75) is 6.92 Å². The maximum absolute atomic E-state index is 10.9. The van der Waals surface area contributed by atoms with E-state index in [4.69, 9.17) is 0 Å².